The van der Waals surface area contributed by atoms with Gasteiger partial charge in [-0.1, -0.05) is 0 Å². The second kappa shape index (κ2) is 30.5. The molecule has 0 saturated heterocycles. The third-order valence-corrected chi connectivity index (χ3v) is 2070. The van der Waals surface area contributed by atoms with Crippen LogP contribution in [0.5, 0.6) is 0 Å². The van der Waals surface area contributed by atoms with Crippen molar-refractivity contribution in [1.29, 1.82) is 0 Å². The van der Waals surface area contributed by atoms with Crippen LogP contribution in [0.2, 0.25) is 0 Å². The Bertz CT molecular complexity index is 424. The molecule has 0 fully saturated rings. The quantitative estimate of drug-likeness (QED) is 0.161. The maximum absolute atomic E-state index is 3.27. The molecule has 0 aromatic rings. The van der Waals surface area contributed by atoms with Gasteiger partial charge in [-0.05, 0) is 0 Å². The molecule has 0 aromatic heterocycles. The maximum atomic E-state index is 3.27. The summed E-state index contributed by atoms with van der Waals surface area (Å²) in [5, 5.41) is 0. The topological polar surface area (TPSA) is 0 Å². The van der Waals surface area contributed by atoms with E-state index in [4.69, 9.17) is 0 Å². The van der Waals surface area contributed by atoms with Crippen molar-refractivity contribution in [2.75, 3.05) is 0 Å². The second-order valence-corrected chi connectivity index (χ2v) is 652. The molecule has 0 aromatic carbocycles. The van der Waals surface area contributed by atoms with E-state index in [1.54, 1.807) is 0 Å². The van der Waals surface area contributed by atoms with Crippen LogP contribution in [0, 0.1) is 0 Å². The average Bonchev–Trinajstić information content (AvgIpc) is 2.72. The van der Waals surface area contributed by atoms with Crippen molar-refractivity contribution in [3.05, 3.63) is 0 Å². The van der Waals surface area contributed by atoms with Gasteiger partial charge < -0.3 is 0 Å². The summed E-state index contributed by atoms with van der Waals surface area (Å²) in [5.41, 5.74) is 0. The van der Waals surface area contributed by atoms with Gasteiger partial charge in [0.2, 0.25) is 0 Å². The molecule has 0 radical (unpaired) electrons. The number of rotatable bonds is 13. The Balaban J connectivity index is 5.13. The van der Waals surface area contributed by atoms with Gasteiger partial charge in [0.1, 0.15) is 0 Å². The van der Waals surface area contributed by atoms with Crippen molar-refractivity contribution in [3.8, 4) is 0 Å². The van der Waals surface area contributed by atoms with E-state index in [9.17, 15) is 0 Å². The van der Waals surface area contributed by atoms with Gasteiger partial charge in [0.05, 0.1) is 0 Å². The Labute approximate surface area is 372 Å². The zero-order chi connectivity index (χ0) is 23.2. The molecule has 0 unspecified atom stereocenters. The predicted molar refractivity (Wildman–Crippen MR) is 393 cm³/mol. The van der Waals surface area contributed by atoms with Gasteiger partial charge in [0, 0.05) is 0 Å². The molecule has 0 heterocycles. The Morgan fingerprint density at radius 3 is 0.724 bits per heavy atom. The van der Waals surface area contributed by atoms with Crippen LogP contribution in [-0.2, 0) is 0 Å². The van der Waals surface area contributed by atoms with Crippen LogP contribution < -0.4 is 13.3 Å². The van der Waals surface area contributed by atoms with Crippen LogP contribution in [0.25, 0.3) is 0 Å². The SMILES string of the molecule is I[I-]I(I)I(I)I(I)I(I)I(I)I(I)I(I)I(I)I(I)I(I)I(I)I(I)I(I)I. The number of hydrogen-bond donors (Lipinski definition) is 0. The third kappa shape index (κ3) is 21.6. The molecule has 0 saturated carbocycles. The molecular weight excluding hydrogens is 3680 g/mol. The first kappa shape index (κ1) is 50.2. The van der Waals surface area contributed by atoms with Gasteiger partial charge in [0.25, 0.3) is 0 Å². The van der Waals surface area contributed by atoms with E-state index >= 15 is 0 Å². The summed E-state index contributed by atoms with van der Waals surface area (Å²) in [6, 6.07) is 0. The first-order valence-corrected chi connectivity index (χ1v) is 180. The normalized spacial score (nSPS) is 18.2. The molecule has 204 valence electrons. The minimum atomic E-state index is -0.476. The Kier molecular flexibility index (Phi) is 52.8. The van der Waals surface area contributed by atoms with Crippen molar-refractivity contribution >= 4 is 382 Å². The summed E-state index contributed by atoms with van der Waals surface area (Å²) < 4.78 is 0. The van der Waals surface area contributed by atoms with E-state index in [-0.39, 0.29) is 7.89 Å². The molecule has 0 amide bonds. The molecule has 0 aliphatic rings. The van der Waals surface area contributed by atoms with Crippen molar-refractivity contribution in [2.45, 2.75) is 0 Å². The zero-order valence-corrected chi connectivity index (χ0v) is 73.5. The minimum absolute atomic E-state index is 0.360. The fourth-order valence-electron chi connectivity index (χ4n) is 0.355. The van der Waals surface area contributed by atoms with E-state index < -0.39 is 94.7 Å². The molecule has 0 N–H and O–H groups in total. The van der Waals surface area contributed by atoms with Gasteiger partial charge in [0.15, 0.2) is 0 Å². The monoisotopic (exact) mass is 3680 g/mol. The van der Waals surface area contributed by atoms with Crippen molar-refractivity contribution in [3.63, 3.8) is 0 Å². The summed E-state index contributed by atoms with van der Waals surface area (Å²) in [5.74, 6) is 0. The number of hydrogen-bond acceptors (Lipinski definition) is 0. The van der Waals surface area contributed by atoms with E-state index in [2.05, 4.69) is 279 Å². The van der Waals surface area contributed by atoms with E-state index in [1.807, 2.05) is 0 Å². The molecule has 29 heteroatoms. The average molecular weight is 3680 g/mol. The van der Waals surface area contributed by atoms with Crippen LogP contribution in [0.3, 0.4) is 0 Å². The van der Waals surface area contributed by atoms with Crippen molar-refractivity contribution < 1.29 is 13.3 Å². The Morgan fingerprint density at radius 2 is 0.517 bits per heavy atom. The third-order valence-electron chi connectivity index (χ3n) is 1.02. The fraction of sp³-hybridized carbons (Fsp3) is 0. The Morgan fingerprint density at radius 1 is 0.310 bits per heavy atom. The van der Waals surface area contributed by atoms with Crippen molar-refractivity contribution in [2.24, 2.45) is 0 Å². The van der Waals surface area contributed by atoms with E-state index in [0.717, 1.165) is 0 Å². The van der Waals surface area contributed by atoms with Crippen LogP contribution in [-0.4, -0.2) is 0 Å². The van der Waals surface area contributed by atoms with E-state index in [0.29, 0.717) is 13.3 Å². The van der Waals surface area contributed by atoms with Crippen LogP contribution in [0.15, 0.2) is 0 Å². The van der Waals surface area contributed by atoms with Gasteiger partial charge >= 0.3 is 395 Å². The summed E-state index contributed by atoms with van der Waals surface area (Å²) >= 11 is 47.8. The Hall–Kier alpha value is 21.2. The van der Waals surface area contributed by atoms with Gasteiger partial charge in [-0.15, -0.1) is 0 Å². The molecule has 0 spiro atoms. The van der Waals surface area contributed by atoms with Crippen molar-refractivity contribution in [1.82, 2.24) is 0 Å². The zero-order valence-electron chi connectivity index (χ0n) is 11.0. The standard InChI is InChI=1S/I29/c1-16-18(4)20(6)22(8)24(10)26(12)28(14)29(15)27(13)25(11)23(9)21(7)19(5)17(2)3/q-1. The summed E-state index contributed by atoms with van der Waals surface area (Å²) in [4.78, 5) is 0. The van der Waals surface area contributed by atoms with Crippen LogP contribution in [0.4, 0.5) is 0 Å². The fourth-order valence-corrected chi connectivity index (χ4v) is 4820. The first-order chi connectivity index (χ1) is 13.2. The summed E-state index contributed by atoms with van der Waals surface area (Å²) in [7, 11) is -5.76. The molecule has 29 heavy (non-hydrogen) atoms. The molecular formula is I29-. The molecule has 0 aliphatic heterocycles. The number of halogens is 29. The first-order valence-electron chi connectivity index (χ1n) is 4.00. The van der Waals surface area contributed by atoms with Crippen LogP contribution >= 0.6 is 382 Å². The molecule has 0 aliphatic carbocycles. The van der Waals surface area contributed by atoms with Crippen LogP contribution in [0.1, 0.15) is 0 Å². The van der Waals surface area contributed by atoms with Gasteiger partial charge in [-0.25, -0.2) is 0 Å². The molecule has 0 rings (SSSR count). The molecule has 0 bridgehead atoms. The molecule has 0 nitrogen and oxygen atoms in total. The van der Waals surface area contributed by atoms with E-state index in [1.165, 1.54) is 0 Å². The van der Waals surface area contributed by atoms with Gasteiger partial charge in [-0.2, -0.15) is 0 Å². The summed E-state index contributed by atoms with van der Waals surface area (Å²) in [6.45, 7) is 0. The predicted octanol–water partition coefficient (Wildman–Crippen LogP) is 21.8. The molecule has 0 atom stereocenters. The van der Waals surface area contributed by atoms with Gasteiger partial charge in [-0.3, -0.25) is 0 Å². The second-order valence-electron chi connectivity index (χ2n) is 2.16. The summed E-state index contributed by atoms with van der Waals surface area (Å²) in [6.07, 6.45) is 0.